The van der Waals surface area contributed by atoms with Crippen LogP contribution in [0.5, 0.6) is 5.75 Å². The fourth-order valence-electron chi connectivity index (χ4n) is 2.71. The quantitative estimate of drug-likeness (QED) is 0.740. The summed E-state index contributed by atoms with van der Waals surface area (Å²) in [6.07, 6.45) is 0.981. The molecule has 2 rings (SSSR count). The fourth-order valence-corrected chi connectivity index (χ4v) is 2.89. The molecule has 1 aliphatic heterocycles. The predicted molar refractivity (Wildman–Crippen MR) is 96.0 cm³/mol. The number of aliphatic hydroxyl groups excluding tert-OH is 1. The molecule has 0 radical (unpaired) electrons. The maximum atomic E-state index is 11.7. The van der Waals surface area contributed by atoms with Gasteiger partial charge in [-0.05, 0) is 51.1 Å². The van der Waals surface area contributed by atoms with Crippen molar-refractivity contribution in [2.75, 3.05) is 32.8 Å². The Labute approximate surface area is 154 Å². The highest BCUT2D eigenvalue weighted by molar-refractivity contribution is 6.30. The normalized spacial score (nSPS) is 17.0. The van der Waals surface area contributed by atoms with Gasteiger partial charge in [-0.2, -0.15) is 0 Å². The minimum absolute atomic E-state index is 0. The van der Waals surface area contributed by atoms with E-state index in [1.807, 2.05) is 19.1 Å². The highest BCUT2D eigenvalue weighted by Crippen LogP contribution is 2.20. The number of halogens is 2. The standard InChI is InChI=1S/C17H24ClNO4.ClH/c1-2-22-17(21)13-6-8-19(9-7-13)11-15(20)12-23-16-5-3-4-14(18)10-16;/h3-5,10,13,15,20H,2,6-9,11-12H2,1H3;1H. The molecule has 1 aliphatic rings. The summed E-state index contributed by atoms with van der Waals surface area (Å²) in [7, 11) is 0. The molecule has 0 amide bonds. The third kappa shape index (κ3) is 6.85. The van der Waals surface area contributed by atoms with Gasteiger partial charge in [0.15, 0.2) is 0 Å². The smallest absolute Gasteiger partial charge is 0.309 e. The van der Waals surface area contributed by atoms with Crippen molar-refractivity contribution in [1.82, 2.24) is 4.90 Å². The van der Waals surface area contributed by atoms with E-state index < -0.39 is 6.10 Å². The molecule has 0 aliphatic carbocycles. The van der Waals surface area contributed by atoms with Crippen molar-refractivity contribution in [2.24, 2.45) is 5.92 Å². The van der Waals surface area contributed by atoms with E-state index in [2.05, 4.69) is 4.90 Å². The third-order valence-electron chi connectivity index (χ3n) is 3.91. The van der Waals surface area contributed by atoms with Crippen molar-refractivity contribution in [3.05, 3.63) is 29.3 Å². The first-order chi connectivity index (χ1) is 11.1. The maximum Gasteiger partial charge on any atom is 0.309 e. The van der Waals surface area contributed by atoms with Gasteiger partial charge in [0.25, 0.3) is 0 Å². The third-order valence-corrected chi connectivity index (χ3v) is 4.15. The number of esters is 1. The number of piperidine rings is 1. The zero-order chi connectivity index (χ0) is 16.7. The highest BCUT2D eigenvalue weighted by atomic mass is 35.5. The Bertz CT molecular complexity index is 507. The van der Waals surface area contributed by atoms with Gasteiger partial charge in [-0.3, -0.25) is 4.79 Å². The molecule has 0 aromatic heterocycles. The Morgan fingerprint density at radius 3 is 2.75 bits per heavy atom. The van der Waals surface area contributed by atoms with Gasteiger partial charge in [0.05, 0.1) is 12.5 Å². The van der Waals surface area contributed by atoms with Crippen LogP contribution >= 0.6 is 24.0 Å². The number of benzene rings is 1. The summed E-state index contributed by atoms with van der Waals surface area (Å²) in [6, 6.07) is 7.12. The number of rotatable bonds is 7. The molecule has 0 bridgehead atoms. The molecule has 0 saturated carbocycles. The molecule has 7 heteroatoms. The van der Waals surface area contributed by atoms with E-state index in [4.69, 9.17) is 21.1 Å². The molecular formula is C17H25Cl2NO4. The molecule has 0 spiro atoms. The van der Waals surface area contributed by atoms with Crippen molar-refractivity contribution < 1.29 is 19.4 Å². The van der Waals surface area contributed by atoms with E-state index in [1.165, 1.54) is 0 Å². The van der Waals surface area contributed by atoms with Crippen LogP contribution in [0.4, 0.5) is 0 Å². The van der Waals surface area contributed by atoms with E-state index >= 15 is 0 Å². The molecular weight excluding hydrogens is 353 g/mol. The molecule has 1 unspecified atom stereocenters. The second kappa shape index (κ2) is 10.8. The lowest BCUT2D eigenvalue weighted by atomic mass is 9.97. The van der Waals surface area contributed by atoms with Crippen molar-refractivity contribution in [3.8, 4) is 5.75 Å². The summed E-state index contributed by atoms with van der Waals surface area (Å²) in [5, 5.41) is 10.7. The van der Waals surface area contributed by atoms with E-state index in [9.17, 15) is 9.90 Å². The summed E-state index contributed by atoms with van der Waals surface area (Å²) >= 11 is 5.89. The Hall–Kier alpha value is -1.01. The minimum atomic E-state index is -0.576. The number of ether oxygens (including phenoxy) is 2. The highest BCUT2D eigenvalue weighted by Gasteiger charge is 2.26. The number of hydrogen-bond donors (Lipinski definition) is 1. The van der Waals surface area contributed by atoms with Crippen LogP contribution in [0, 0.1) is 5.92 Å². The second-order valence-electron chi connectivity index (χ2n) is 5.75. The van der Waals surface area contributed by atoms with Gasteiger partial charge in [-0.25, -0.2) is 0 Å². The summed E-state index contributed by atoms with van der Waals surface area (Å²) in [5.74, 6) is 0.542. The zero-order valence-corrected chi connectivity index (χ0v) is 15.4. The topological polar surface area (TPSA) is 59.0 Å². The summed E-state index contributed by atoms with van der Waals surface area (Å²) in [5.41, 5.74) is 0. The van der Waals surface area contributed by atoms with Crippen LogP contribution < -0.4 is 4.74 Å². The number of nitrogens with zero attached hydrogens (tertiary/aromatic N) is 1. The minimum Gasteiger partial charge on any atom is -0.491 e. The second-order valence-corrected chi connectivity index (χ2v) is 6.19. The number of β-amino-alcohol motifs (C(OH)–C–C–N with tert-alkyl or cyclic N) is 1. The van der Waals surface area contributed by atoms with Crippen molar-refractivity contribution in [3.63, 3.8) is 0 Å². The lowest BCUT2D eigenvalue weighted by molar-refractivity contribution is -0.149. The molecule has 24 heavy (non-hydrogen) atoms. The first-order valence-corrected chi connectivity index (χ1v) is 8.41. The van der Waals surface area contributed by atoms with Crippen molar-refractivity contribution in [2.45, 2.75) is 25.9 Å². The first-order valence-electron chi connectivity index (χ1n) is 8.04. The molecule has 136 valence electrons. The van der Waals surface area contributed by atoms with Crippen LogP contribution in [-0.4, -0.2) is 54.9 Å². The van der Waals surface area contributed by atoms with Gasteiger partial charge in [0.2, 0.25) is 0 Å². The summed E-state index contributed by atoms with van der Waals surface area (Å²) < 4.78 is 10.6. The largest absolute Gasteiger partial charge is 0.491 e. The predicted octanol–water partition coefficient (Wildman–Crippen LogP) is 2.78. The lowest BCUT2D eigenvalue weighted by Gasteiger charge is -2.32. The van der Waals surface area contributed by atoms with Crippen molar-refractivity contribution >= 4 is 30.0 Å². The van der Waals surface area contributed by atoms with E-state index in [0.717, 1.165) is 25.9 Å². The lowest BCUT2D eigenvalue weighted by Crippen LogP contribution is -2.42. The van der Waals surface area contributed by atoms with Crippen LogP contribution in [0.15, 0.2) is 24.3 Å². The molecule has 1 saturated heterocycles. The fraction of sp³-hybridized carbons (Fsp3) is 0.588. The summed E-state index contributed by atoms with van der Waals surface area (Å²) in [6.45, 7) is 4.59. The van der Waals surface area contributed by atoms with E-state index in [-0.39, 0.29) is 30.9 Å². The number of carbonyl (C=O) groups is 1. The molecule has 1 heterocycles. The van der Waals surface area contributed by atoms with E-state index in [1.54, 1.807) is 12.1 Å². The maximum absolute atomic E-state index is 11.7. The van der Waals surface area contributed by atoms with Gasteiger partial charge >= 0.3 is 5.97 Å². The van der Waals surface area contributed by atoms with Crippen LogP contribution in [0.25, 0.3) is 0 Å². The van der Waals surface area contributed by atoms with E-state index in [0.29, 0.717) is 23.9 Å². The molecule has 1 N–H and O–H groups in total. The number of aliphatic hydroxyl groups is 1. The molecule has 1 aromatic carbocycles. The summed E-state index contributed by atoms with van der Waals surface area (Å²) in [4.78, 5) is 13.8. The monoisotopic (exact) mass is 377 g/mol. The Morgan fingerprint density at radius 2 is 2.12 bits per heavy atom. The van der Waals surface area contributed by atoms with Gasteiger partial charge < -0.3 is 19.5 Å². The molecule has 1 aromatic rings. The Kier molecular flexibility index (Phi) is 9.44. The van der Waals surface area contributed by atoms with Crippen LogP contribution in [0.3, 0.4) is 0 Å². The van der Waals surface area contributed by atoms with Gasteiger partial charge in [-0.15, -0.1) is 12.4 Å². The average molecular weight is 378 g/mol. The van der Waals surface area contributed by atoms with Gasteiger partial charge in [0.1, 0.15) is 18.5 Å². The first kappa shape index (κ1) is 21.0. The Morgan fingerprint density at radius 1 is 1.42 bits per heavy atom. The van der Waals surface area contributed by atoms with Gasteiger partial charge in [-0.1, -0.05) is 17.7 Å². The zero-order valence-electron chi connectivity index (χ0n) is 13.8. The van der Waals surface area contributed by atoms with Crippen LogP contribution in [0.2, 0.25) is 5.02 Å². The van der Waals surface area contributed by atoms with Crippen molar-refractivity contribution in [1.29, 1.82) is 0 Å². The number of carbonyl (C=O) groups excluding carboxylic acids is 1. The Balaban J connectivity index is 0.00000288. The average Bonchev–Trinajstić information content (AvgIpc) is 2.54. The molecule has 5 nitrogen and oxygen atoms in total. The van der Waals surface area contributed by atoms with Gasteiger partial charge in [0, 0.05) is 11.6 Å². The van der Waals surface area contributed by atoms with Crippen LogP contribution in [0.1, 0.15) is 19.8 Å². The molecule has 1 atom stereocenters. The number of likely N-dealkylation sites (tertiary alicyclic amines) is 1. The van der Waals surface area contributed by atoms with Crippen LogP contribution in [-0.2, 0) is 9.53 Å². The number of hydrogen-bond acceptors (Lipinski definition) is 5. The SMILES string of the molecule is CCOC(=O)C1CCN(CC(O)COc2cccc(Cl)c2)CC1.Cl. The molecule has 1 fully saturated rings.